The molecule has 0 atom stereocenters. The summed E-state index contributed by atoms with van der Waals surface area (Å²) in [4.78, 5) is 11.3. The minimum Gasteiger partial charge on any atom is -0.495 e. The van der Waals surface area contributed by atoms with Crippen LogP contribution in [0, 0.1) is 6.92 Å². The van der Waals surface area contributed by atoms with Crippen LogP contribution in [0.15, 0.2) is 24.3 Å². The van der Waals surface area contributed by atoms with Gasteiger partial charge in [-0.3, -0.25) is 4.90 Å². The molecule has 2 heterocycles. The monoisotopic (exact) mass is 377 g/mol. The summed E-state index contributed by atoms with van der Waals surface area (Å²) in [5.41, 5.74) is 0.761. The van der Waals surface area contributed by atoms with Crippen molar-refractivity contribution < 1.29 is 9.47 Å². The molecule has 1 aliphatic rings. The summed E-state index contributed by atoms with van der Waals surface area (Å²) >= 11 is 6.09. The quantitative estimate of drug-likeness (QED) is 0.768. The zero-order valence-electron chi connectivity index (χ0n) is 15.1. The van der Waals surface area contributed by atoms with Gasteiger partial charge >= 0.3 is 0 Å². The van der Waals surface area contributed by atoms with E-state index < -0.39 is 0 Å². The number of methoxy groups -OCH3 is 1. The van der Waals surface area contributed by atoms with Crippen LogP contribution < -0.4 is 15.4 Å². The van der Waals surface area contributed by atoms with Gasteiger partial charge in [0, 0.05) is 37.3 Å². The van der Waals surface area contributed by atoms with Crippen LogP contribution in [-0.2, 0) is 4.74 Å². The number of nitrogens with one attached hydrogen (secondary N) is 2. The molecule has 0 unspecified atom stereocenters. The lowest BCUT2D eigenvalue weighted by atomic mass is 10.3. The van der Waals surface area contributed by atoms with Crippen LogP contribution in [0.4, 0.5) is 17.3 Å². The molecular weight excluding hydrogens is 354 g/mol. The topological polar surface area (TPSA) is 71.5 Å². The molecule has 8 heteroatoms. The summed E-state index contributed by atoms with van der Waals surface area (Å²) in [6, 6.07) is 7.30. The van der Waals surface area contributed by atoms with E-state index in [2.05, 4.69) is 25.5 Å². The molecule has 2 aromatic rings. The van der Waals surface area contributed by atoms with Gasteiger partial charge in [-0.1, -0.05) is 11.6 Å². The van der Waals surface area contributed by atoms with E-state index in [4.69, 9.17) is 21.1 Å². The summed E-state index contributed by atoms with van der Waals surface area (Å²) in [5.74, 6) is 2.86. The molecule has 1 saturated heterocycles. The highest BCUT2D eigenvalue weighted by atomic mass is 35.5. The number of benzene rings is 1. The van der Waals surface area contributed by atoms with Gasteiger partial charge in [-0.2, -0.15) is 0 Å². The normalized spacial score (nSPS) is 14.9. The molecule has 0 saturated carbocycles. The van der Waals surface area contributed by atoms with Gasteiger partial charge in [0.05, 0.1) is 26.0 Å². The number of hydrogen-bond acceptors (Lipinski definition) is 7. The molecular formula is C18H24ClN5O2. The Morgan fingerprint density at radius 3 is 2.73 bits per heavy atom. The predicted octanol–water partition coefficient (Wildman–Crippen LogP) is 2.93. The lowest BCUT2D eigenvalue weighted by Crippen LogP contribution is -2.39. The molecule has 0 amide bonds. The highest BCUT2D eigenvalue weighted by Crippen LogP contribution is 2.30. The molecule has 0 bridgehead atoms. The lowest BCUT2D eigenvalue weighted by molar-refractivity contribution is 0.0398. The third kappa shape index (κ3) is 5.20. The first-order valence-electron chi connectivity index (χ1n) is 8.64. The van der Waals surface area contributed by atoms with Crippen LogP contribution in [-0.4, -0.2) is 61.4 Å². The predicted molar refractivity (Wildman–Crippen MR) is 104 cm³/mol. The first-order chi connectivity index (χ1) is 12.6. The average molecular weight is 378 g/mol. The number of anilines is 3. The summed E-state index contributed by atoms with van der Waals surface area (Å²) in [6.45, 7) is 7.21. The third-order valence-corrected chi connectivity index (χ3v) is 4.34. The number of ether oxygens (including phenoxy) is 2. The number of rotatable bonds is 7. The maximum absolute atomic E-state index is 6.09. The Labute approximate surface area is 158 Å². The van der Waals surface area contributed by atoms with Crippen LogP contribution in [0.1, 0.15) is 5.82 Å². The second kappa shape index (κ2) is 9.02. The second-order valence-corrected chi connectivity index (χ2v) is 6.47. The standard InChI is InChI=1S/C18H24ClN5O2/c1-13-21-17(20-5-6-24-7-9-26-10-8-24)12-18(22-13)23-15-11-14(19)3-4-16(15)25-2/h3-4,11-12H,5-10H2,1-2H3,(H2,20,21,22,23). The number of nitrogens with zero attached hydrogens (tertiary/aromatic N) is 3. The molecule has 0 radical (unpaired) electrons. The van der Waals surface area contributed by atoms with E-state index in [0.717, 1.165) is 50.9 Å². The summed E-state index contributed by atoms with van der Waals surface area (Å²) in [6.07, 6.45) is 0. The van der Waals surface area contributed by atoms with Crippen LogP contribution in [0.5, 0.6) is 5.75 Å². The van der Waals surface area contributed by atoms with Crippen LogP contribution in [0.3, 0.4) is 0 Å². The van der Waals surface area contributed by atoms with Gasteiger partial charge in [0.15, 0.2) is 0 Å². The van der Waals surface area contributed by atoms with E-state index in [0.29, 0.717) is 22.4 Å². The smallest absolute Gasteiger partial charge is 0.142 e. The minimum absolute atomic E-state index is 0.628. The Hall–Kier alpha value is -2.09. The highest BCUT2D eigenvalue weighted by Gasteiger charge is 2.10. The molecule has 7 nitrogen and oxygen atoms in total. The maximum atomic E-state index is 6.09. The van der Waals surface area contributed by atoms with E-state index in [1.165, 1.54) is 0 Å². The van der Waals surface area contributed by atoms with Crippen molar-refractivity contribution in [3.05, 3.63) is 35.1 Å². The first-order valence-corrected chi connectivity index (χ1v) is 9.02. The number of aromatic nitrogens is 2. The highest BCUT2D eigenvalue weighted by molar-refractivity contribution is 6.31. The van der Waals surface area contributed by atoms with Crippen molar-refractivity contribution in [3.63, 3.8) is 0 Å². The van der Waals surface area contributed by atoms with Crippen molar-refractivity contribution in [1.82, 2.24) is 14.9 Å². The zero-order chi connectivity index (χ0) is 18.4. The molecule has 1 aromatic heterocycles. The van der Waals surface area contributed by atoms with Gasteiger partial charge < -0.3 is 20.1 Å². The average Bonchev–Trinajstić information content (AvgIpc) is 2.62. The van der Waals surface area contributed by atoms with E-state index in [-0.39, 0.29) is 0 Å². The van der Waals surface area contributed by atoms with Crippen LogP contribution in [0.25, 0.3) is 0 Å². The Balaban J connectivity index is 1.64. The number of hydrogen-bond donors (Lipinski definition) is 2. The van der Waals surface area contributed by atoms with E-state index >= 15 is 0 Å². The van der Waals surface area contributed by atoms with Gasteiger partial charge in [-0.15, -0.1) is 0 Å². The Morgan fingerprint density at radius 1 is 1.19 bits per heavy atom. The third-order valence-electron chi connectivity index (χ3n) is 4.10. The molecule has 1 aromatic carbocycles. The van der Waals surface area contributed by atoms with Gasteiger partial charge in [-0.25, -0.2) is 9.97 Å². The van der Waals surface area contributed by atoms with Crippen molar-refractivity contribution in [2.24, 2.45) is 0 Å². The second-order valence-electron chi connectivity index (χ2n) is 6.04. The zero-order valence-corrected chi connectivity index (χ0v) is 15.8. The summed E-state index contributed by atoms with van der Waals surface area (Å²) in [5, 5.41) is 7.25. The van der Waals surface area contributed by atoms with Crippen molar-refractivity contribution in [3.8, 4) is 5.75 Å². The summed E-state index contributed by atoms with van der Waals surface area (Å²) in [7, 11) is 1.62. The molecule has 0 spiro atoms. The molecule has 26 heavy (non-hydrogen) atoms. The maximum Gasteiger partial charge on any atom is 0.142 e. The van der Waals surface area contributed by atoms with Crippen molar-refractivity contribution in [1.29, 1.82) is 0 Å². The van der Waals surface area contributed by atoms with Gasteiger partial charge in [-0.05, 0) is 25.1 Å². The van der Waals surface area contributed by atoms with Crippen LogP contribution >= 0.6 is 11.6 Å². The number of halogens is 1. The molecule has 1 fully saturated rings. The fourth-order valence-corrected chi connectivity index (χ4v) is 2.98. The molecule has 3 rings (SSSR count). The fraction of sp³-hybridized carbons (Fsp3) is 0.444. The van der Waals surface area contributed by atoms with Gasteiger partial charge in [0.1, 0.15) is 23.2 Å². The fourth-order valence-electron chi connectivity index (χ4n) is 2.81. The molecule has 0 aliphatic carbocycles. The molecule has 2 N–H and O–H groups in total. The largest absolute Gasteiger partial charge is 0.495 e. The van der Waals surface area contributed by atoms with E-state index in [9.17, 15) is 0 Å². The van der Waals surface area contributed by atoms with Gasteiger partial charge in [0.2, 0.25) is 0 Å². The molecule has 140 valence electrons. The van der Waals surface area contributed by atoms with E-state index in [1.54, 1.807) is 13.2 Å². The summed E-state index contributed by atoms with van der Waals surface area (Å²) < 4.78 is 10.7. The SMILES string of the molecule is COc1ccc(Cl)cc1Nc1cc(NCCN2CCOCC2)nc(C)n1. The minimum atomic E-state index is 0.628. The van der Waals surface area contributed by atoms with Crippen molar-refractivity contribution in [2.75, 3.05) is 57.1 Å². The van der Waals surface area contributed by atoms with E-state index in [1.807, 2.05) is 25.1 Å². The van der Waals surface area contributed by atoms with Crippen molar-refractivity contribution in [2.45, 2.75) is 6.92 Å². The Bertz CT molecular complexity index is 738. The Morgan fingerprint density at radius 2 is 1.96 bits per heavy atom. The number of aryl methyl sites for hydroxylation is 1. The van der Waals surface area contributed by atoms with Gasteiger partial charge in [0.25, 0.3) is 0 Å². The lowest BCUT2D eigenvalue weighted by Gasteiger charge is -2.26. The molecule has 1 aliphatic heterocycles. The Kier molecular flexibility index (Phi) is 6.49. The van der Waals surface area contributed by atoms with Crippen LogP contribution in [0.2, 0.25) is 5.02 Å². The number of morpholine rings is 1. The van der Waals surface area contributed by atoms with Crippen molar-refractivity contribution >= 4 is 28.9 Å². The first kappa shape index (κ1) is 18.7.